The summed E-state index contributed by atoms with van der Waals surface area (Å²) in [6.07, 6.45) is 2.16. The summed E-state index contributed by atoms with van der Waals surface area (Å²) >= 11 is 0. The van der Waals surface area contributed by atoms with Crippen molar-refractivity contribution in [3.05, 3.63) is 29.8 Å². The number of benzene rings is 1. The molecule has 1 amide bonds. The second-order valence-electron chi connectivity index (χ2n) is 5.70. The van der Waals surface area contributed by atoms with Crippen molar-refractivity contribution >= 4 is 5.91 Å². The average molecular weight is 276 g/mol. The van der Waals surface area contributed by atoms with E-state index in [-0.39, 0.29) is 12.5 Å². The van der Waals surface area contributed by atoms with Gasteiger partial charge < -0.3 is 15.4 Å². The van der Waals surface area contributed by atoms with Crippen molar-refractivity contribution in [2.45, 2.75) is 39.3 Å². The van der Waals surface area contributed by atoms with Gasteiger partial charge in [0, 0.05) is 19.1 Å². The SMILES string of the molecule is CC1CCN(C(=O)COc2ccc(CN)cc2)C(C)C1. The molecule has 0 saturated carbocycles. The molecule has 0 radical (unpaired) electrons. The van der Waals surface area contributed by atoms with E-state index in [0.717, 1.165) is 24.9 Å². The van der Waals surface area contributed by atoms with E-state index in [1.807, 2.05) is 29.2 Å². The number of nitrogens with two attached hydrogens (primary N) is 1. The van der Waals surface area contributed by atoms with Crippen LogP contribution in [0, 0.1) is 5.92 Å². The van der Waals surface area contributed by atoms with Crippen molar-refractivity contribution < 1.29 is 9.53 Å². The molecular weight excluding hydrogens is 252 g/mol. The summed E-state index contributed by atoms with van der Waals surface area (Å²) in [6.45, 7) is 5.83. The second-order valence-corrected chi connectivity index (χ2v) is 5.70. The quantitative estimate of drug-likeness (QED) is 0.917. The lowest BCUT2D eigenvalue weighted by Crippen LogP contribution is -2.46. The first-order valence-electron chi connectivity index (χ1n) is 7.31. The molecular formula is C16H24N2O2. The molecule has 4 nitrogen and oxygen atoms in total. The van der Waals surface area contributed by atoms with Crippen molar-refractivity contribution in [3.63, 3.8) is 0 Å². The smallest absolute Gasteiger partial charge is 0.260 e. The maximum Gasteiger partial charge on any atom is 0.260 e. The number of carbonyl (C=O) groups excluding carboxylic acids is 1. The normalized spacial score (nSPS) is 22.6. The van der Waals surface area contributed by atoms with Crippen molar-refractivity contribution in [1.29, 1.82) is 0 Å². The van der Waals surface area contributed by atoms with Gasteiger partial charge in [-0.2, -0.15) is 0 Å². The van der Waals surface area contributed by atoms with E-state index in [4.69, 9.17) is 10.5 Å². The fourth-order valence-electron chi connectivity index (χ4n) is 2.73. The number of ether oxygens (including phenoxy) is 1. The van der Waals surface area contributed by atoms with Gasteiger partial charge >= 0.3 is 0 Å². The number of nitrogens with zero attached hydrogens (tertiary/aromatic N) is 1. The summed E-state index contributed by atoms with van der Waals surface area (Å²) < 4.78 is 5.56. The molecule has 2 rings (SSSR count). The average Bonchev–Trinajstić information content (AvgIpc) is 2.45. The van der Waals surface area contributed by atoms with E-state index in [9.17, 15) is 4.79 Å². The highest BCUT2D eigenvalue weighted by Gasteiger charge is 2.26. The van der Waals surface area contributed by atoms with Crippen molar-refractivity contribution in [1.82, 2.24) is 4.90 Å². The predicted octanol–water partition coefficient (Wildman–Crippen LogP) is 2.17. The molecule has 1 aliphatic heterocycles. The zero-order chi connectivity index (χ0) is 14.5. The molecule has 2 unspecified atom stereocenters. The molecule has 1 saturated heterocycles. The molecule has 2 atom stereocenters. The third-order valence-electron chi connectivity index (χ3n) is 3.98. The zero-order valence-corrected chi connectivity index (χ0v) is 12.3. The summed E-state index contributed by atoms with van der Waals surface area (Å²) in [6, 6.07) is 7.87. The minimum absolute atomic E-state index is 0.0762. The Morgan fingerprint density at radius 3 is 2.65 bits per heavy atom. The zero-order valence-electron chi connectivity index (χ0n) is 12.3. The fraction of sp³-hybridized carbons (Fsp3) is 0.562. The van der Waals surface area contributed by atoms with E-state index in [1.165, 1.54) is 0 Å². The van der Waals surface area contributed by atoms with E-state index in [0.29, 0.717) is 24.3 Å². The molecule has 1 heterocycles. The molecule has 0 aliphatic carbocycles. The van der Waals surface area contributed by atoms with Gasteiger partial charge in [0.05, 0.1) is 0 Å². The van der Waals surface area contributed by atoms with Crippen LogP contribution in [-0.2, 0) is 11.3 Å². The molecule has 20 heavy (non-hydrogen) atoms. The Kier molecular flexibility index (Phi) is 5.01. The highest BCUT2D eigenvalue weighted by atomic mass is 16.5. The maximum atomic E-state index is 12.2. The van der Waals surface area contributed by atoms with Crippen LogP contribution in [0.4, 0.5) is 0 Å². The van der Waals surface area contributed by atoms with Gasteiger partial charge in [-0.25, -0.2) is 0 Å². The lowest BCUT2D eigenvalue weighted by Gasteiger charge is -2.36. The Morgan fingerprint density at radius 1 is 1.35 bits per heavy atom. The lowest BCUT2D eigenvalue weighted by molar-refractivity contribution is -0.137. The first kappa shape index (κ1) is 14.9. The molecule has 0 spiro atoms. The monoisotopic (exact) mass is 276 g/mol. The van der Waals surface area contributed by atoms with Crippen molar-refractivity contribution in [2.24, 2.45) is 11.7 Å². The highest BCUT2D eigenvalue weighted by molar-refractivity contribution is 5.78. The summed E-state index contributed by atoms with van der Waals surface area (Å²) in [5.41, 5.74) is 6.60. The Bertz CT molecular complexity index is 444. The molecule has 0 bridgehead atoms. The molecule has 110 valence electrons. The summed E-state index contributed by atoms with van der Waals surface area (Å²) in [7, 11) is 0. The second kappa shape index (κ2) is 6.75. The van der Waals surface area contributed by atoms with Gasteiger partial charge in [0.2, 0.25) is 0 Å². The van der Waals surface area contributed by atoms with Crippen molar-refractivity contribution in [2.75, 3.05) is 13.2 Å². The van der Waals surface area contributed by atoms with Crippen LogP contribution in [0.2, 0.25) is 0 Å². The summed E-state index contributed by atoms with van der Waals surface area (Å²) in [5.74, 6) is 1.50. The number of rotatable bonds is 4. The number of hydrogen-bond acceptors (Lipinski definition) is 3. The molecule has 2 N–H and O–H groups in total. The Labute approximate surface area is 120 Å². The van der Waals surface area contributed by atoms with Crippen LogP contribution in [0.3, 0.4) is 0 Å². The summed E-state index contributed by atoms with van der Waals surface area (Å²) in [4.78, 5) is 14.1. The Morgan fingerprint density at radius 2 is 2.05 bits per heavy atom. The van der Waals surface area contributed by atoms with Gasteiger partial charge in [0.1, 0.15) is 5.75 Å². The van der Waals surface area contributed by atoms with Gasteiger partial charge in [0.15, 0.2) is 6.61 Å². The van der Waals surface area contributed by atoms with Crippen LogP contribution >= 0.6 is 0 Å². The third kappa shape index (κ3) is 3.73. The number of likely N-dealkylation sites (tertiary alicyclic amines) is 1. The standard InChI is InChI=1S/C16H24N2O2/c1-12-7-8-18(13(2)9-12)16(19)11-20-15-5-3-14(10-17)4-6-15/h3-6,12-13H,7-11,17H2,1-2H3. The van der Waals surface area contributed by atoms with Crippen LogP contribution in [0.15, 0.2) is 24.3 Å². The topological polar surface area (TPSA) is 55.6 Å². The number of amides is 1. The fourth-order valence-corrected chi connectivity index (χ4v) is 2.73. The number of carbonyl (C=O) groups is 1. The first-order valence-corrected chi connectivity index (χ1v) is 7.31. The van der Waals surface area contributed by atoms with E-state index >= 15 is 0 Å². The van der Waals surface area contributed by atoms with Crippen LogP contribution in [-0.4, -0.2) is 30.0 Å². The number of piperidine rings is 1. The van der Waals surface area contributed by atoms with E-state index in [2.05, 4.69) is 13.8 Å². The van der Waals surface area contributed by atoms with Gasteiger partial charge in [-0.15, -0.1) is 0 Å². The van der Waals surface area contributed by atoms with Gasteiger partial charge in [-0.1, -0.05) is 19.1 Å². The Balaban J connectivity index is 1.85. The minimum atomic E-state index is 0.0762. The molecule has 1 aromatic carbocycles. The maximum absolute atomic E-state index is 12.2. The molecule has 1 fully saturated rings. The number of hydrogen-bond donors (Lipinski definition) is 1. The Hall–Kier alpha value is -1.55. The molecule has 1 aliphatic rings. The van der Waals surface area contributed by atoms with Crippen LogP contribution < -0.4 is 10.5 Å². The van der Waals surface area contributed by atoms with Gasteiger partial charge in [-0.05, 0) is 43.4 Å². The van der Waals surface area contributed by atoms with E-state index < -0.39 is 0 Å². The lowest BCUT2D eigenvalue weighted by atomic mass is 9.93. The van der Waals surface area contributed by atoms with Gasteiger partial charge in [-0.3, -0.25) is 4.79 Å². The highest BCUT2D eigenvalue weighted by Crippen LogP contribution is 2.22. The van der Waals surface area contributed by atoms with Crippen LogP contribution in [0.1, 0.15) is 32.3 Å². The first-order chi connectivity index (χ1) is 9.60. The molecule has 1 aromatic rings. The summed E-state index contributed by atoms with van der Waals surface area (Å²) in [5, 5.41) is 0. The van der Waals surface area contributed by atoms with Crippen molar-refractivity contribution in [3.8, 4) is 5.75 Å². The molecule has 4 heteroatoms. The largest absolute Gasteiger partial charge is 0.484 e. The third-order valence-corrected chi connectivity index (χ3v) is 3.98. The van der Waals surface area contributed by atoms with Crippen LogP contribution in [0.25, 0.3) is 0 Å². The van der Waals surface area contributed by atoms with Gasteiger partial charge in [0.25, 0.3) is 5.91 Å². The minimum Gasteiger partial charge on any atom is -0.484 e. The molecule has 0 aromatic heterocycles. The predicted molar refractivity (Wildman–Crippen MR) is 79.4 cm³/mol. The van der Waals surface area contributed by atoms with E-state index in [1.54, 1.807) is 0 Å². The van der Waals surface area contributed by atoms with Crippen LogP contribution in [0.5, 0.6) is 5.75 Å².